The van der Waals surface area contributed by atoms with E-state index in [4.69, 9.17) is 11.6 Å². The van der Waals surface area contributed by atoms with Crippen molar-refractivity contribution in [3.05, 3.63) is 34.6 Å². The Morgan fingerprint density at radius 2 is 2.37 bits per heavy atom. The molecule has 0 radical (unpaired) electrons. The van der Waals surface area contributed by atoms with E-state index in [0.29, 0.717) is 12.1 Å². The average Bonchev–Trinajstić information content (AvgIpc) is 2.68. The van der Waals surface area contributed by atoms with E-state index in [-0.39, 0.29) is 23.5 Å². The molecule has 0 unspecified atom stereocenters. The lowest BCUT2D eigenvalue weighted by Gasteiger charge is -2.11. The minimum absolute atomic E-state index is 0.189. The Morgan fingerprint density at radius 1 is 1.63 bits per heavy atom. The van der Waals surface area contributed by atoms with Gasteiger partial charge in [0.15, 0.2) is 0 Å². The molecule has 7 heteroatoms. The lowest BCUT2D eigenvalue weighted by atomic mass is 10.2. The highest BCUT2D eigenvalue weighted by Gasteiger charge is 2.30. The Hall–Kier alpha value is -1.82. The van der Waals surface area contributed by atoms with Crippen LogP contribution in [0.15, 0.2) is 18.2 Å². The van der Waals surface area contributed by atoms with Gasteiger partial charge >= 0.3 is 6.03 Å². The number of halogens is 2. The van der Waals surface area contributed by atoms with Crippen LogP contribution in [0.2, 0.25) is 5.02 Å². The van der Waals surface area contributed by atoms with Crippen LogP contribution in [0.1, 0.15) is 5.56 Å². The predicted octanol–water partition coefficient (Wildman–Crippen LogP) is 1.12. The topological polar surface area (TPSA) is 61.4 Å². The molecule has 1 aromatic rings. The van der Waals surface area contributed by atoms with Crippen molar-refractivity contribution in [2.45, 2.75) is 12.6 Å². The number of carbonyl (C=O) groups is 2. The van der Waals surface area contributed by atoms with Gasteiger partial charge in [0.2, 0.25) is 5.91 Å². The quantitative estimate of drug-likeness (QED) is 0.874. The number of likely N-dealkylation sites (N-methyl/N-ethyl adjacent to an activating group) is 1. The number of benzene rings is 1. The highest BCUT2D eigenvalue weighted by Crippen LogP contribution is 2.16. The smallest absolute Gasteiger partial charge is 0.317 e. The summed E-state index contributed by atoms with van der Waals surface area (Å²) in [7, 11) is 1.61. The Balaban J connectivity index is 1.92. The fourth-order valence-corrected chi connectivity index (χ4v) is 2.01. The molecule has 0 aliphatic carbocycles. The Kier molecular flexibility index (Phi) is 3.90. The molecule has 102 valence electrons. The molecule has 1 saturated heterocycles. The van der Waals surface area contributed by atoms with Gasteiger partial charge in [-0.25, -0.2) is 9.18 Å². The summed E-state index contributed by atoms with van der Waals surface area (Å²) < 4.78 is 12.9. The minimum Gasteiger partial charge on any atom is -0.350 e. The molecule has 5 nitrogen and oxygen atoms in total. The number of carbonyl (C=O) groups excluding carboxylic acids is 2. The van der Waals surface area contributed by atoms with Gasteiger partial charge < -0.3 is 15.5 Å². The zero-order valence-corrected chi connectivity index (χ0v) is 11.0. The van der Waals surface area contributed by atoms with Gasteiger partial charge in [-0.2, -0.15) is 0 Å². The molecule has 0 saturated carbocycles. The second kappa shape index (κ2) is 5.44. The number of rotatable bonds is 3. The highest BCUT2D eigenvalue weighted by molar-refractivity contribution is 6.31. The number of nitrogens with one attached hydrogen (secondary N) is 2. The Morgan fingerprint density at radius 3 is 2.95 bits per heavy atom. The van der Waals surface area contributed by atoms with Crippen LogP contribution in [-0.2, 0) is 11.3 Å². The van der Waals surface area contributed by atoms with Crippen LogP contribution in [0, 0.1) is 5.82 Å². The molecule has 1 aliphatic heterocycles. The van der Waals surface area contributed by atoms with E-state index in [1.807, 2.05) is 0 Å². The van der Waals surface area contributed by atoms with Gasteiger partial charge in [0.1, 0.15) is 11.9 Å². The van der Waals surface area contributed by atoms with Gasteiger partial charge in [0.05, 0.1) is 6.54 Å². The van der Waals surface area contributed by atoms with E-state index in [9.17, 15) is 14.0 Å². The molecule has 1 heterocycles. The molecule has 0 spiro atoms. The second-order valence-electron chi connectivity index (χ2n) is 4.34. The van der Waals surface area contributed by atoms with Crippen molar-refractivity contribution in [2.24, 2.45) is 0 Å². The monoisotopic (exact) mass is 285 g/mol. The summed E-state index contributed by atoms with van der Waals surface area (Å²) in [4.78, 5) is 24.5. The van der Waals surface area contributed by atoms with Crippen LogP contribution in [0.3, 0.4) is 0 Å². The number of nitrogens with zero attached hydrogens (tertiary/aromatic N) is 1. The lowest BCUT2D eigenvalue weighted by molar-refractivity contribution is -0.122. The fraction of sp³-hybridized carbons (Fsp3) is 0.333. The first kappa shape index (κ1) is 13.6. The molecular weight excluding hydrogens is 273 g/mol. The first-order valence-electron chi connectivity index (χ1n) is 5.70. The van der Waals surface area contributed by atoms with Crippen LogP contribution < -0.4 is 10.6 Å². The van der Waals surface area contributed by atoms with Crippen molar-refractivity contribution in [1.29, 1.82) is 0 Å². The molecule has 19 heavy (non-hydrogen) atoms. The van der Waals surface area contributed by atoms with Crippen LogP contribution >= 0.6 is 11.6 Å². The van der Waals surface area contributed by atoms with E-state index in [0.717, 1.165) is 0 Å². The average molecular weight is 286 g/mol. The second-order valence-corrected chi connectivity index (χ2v) is 4.74. The predicted molar refractivity (Wildman–Crippen MR) is 68.2 cm³/mol. The van der Waals surface area contributed by atoms with E-state index in [1.165, 1.54) is 23.1 Å². The molecule has 3 amide bonds. The summed E-state index contributed by atoms with van der Waals surface area (Å²) in [5.41, 5.74) is 0.620. The van der Waals surface area contributed by atoms with Crippen LogP contribution in [-0.4, -0.2) is 36.5 Å². The highest BCUT2D eigenvalue weighted by atomic mass is 35.5. The normalized spacial score (nSPS) is 18.4. The minimum atomic E-state index is -0.572. The van der Waals surface area contributed by atoms with Gasteiger partial charge in [-0.05, 0) is 17.7 Å². The summed E-state index contributed by atoms with van der Waals surface area (Å²) >= 11 is 5.85. The van der Waals surface area contributed by atoms with Crippen LogP contribution in [0.4, 0.5) is 9.18 Å². The Bertz CT molecular complexity index is 524. The third-order valence-corrected chi connectivity index (χ3v) is 3.24. The molecule has 1 aromatic carbocycles. The van der Waals surface area contributed by atoms with E-state index in [2.05, 4.69) is 10.6 Å². The third kappa shape index (κ3) is 3.14. The summed E-state index contributed by atoms with van der Waals surface area (Å²) in [6, 6.07) is 3.13. The number of amides is 3. The largest absolute Gasteiger partial charge is 0.350 e. The zero-order chi connectivity index (χ0) is 14.0. The van der Waals surface area contributed by atoms with Crippen LogP contribution in [0.25, 0.3) is 0 Å². The summed E-state index contributed by atoms with van der Waals surface area (Å²) in [5.74, 6) is -0.720. The van der Waals surface area contributed by atoms with Crippen molar-refractivity contribution in [3.63, 3.8) is 0 Å². The van der Waals surface area contributed by atoms with Crippen molar-refractivity contribution in [3.8, 4) is 0 Å². The van der Waals surface area contributed by atoms with Crippen molar-refractivity contribution >= 4 is 23.5 Å². The molecule has 0 aromatic heterocycles. The number of hydrogen-bond acceptors (Lipinski definition) is 2. The SMILES string of the molecule is CN1C[C@@H](C(=O)NCc2ccc(F)cc2Cl)NC1=O. The molecule has 2 rings (SSSR count). The van der Waals surface area contributed by atoms with E-state index in [1.54, 1.807) is 7.05 Å². The van der Waals surface area contributed by atoms with Gasteiger partial charge in [-0.1, -0.05) is 17.7 Å². The standard InChI is InChI=1S/C12H13ClFN3O2/c1-17-6-10(16-12(17)19)11(18)15-5-7-2-3-8(14)4-9(7)13/h2-4,10H,5-6H2,1H3,(H,15,18)(H,16,19)/t10-/m0/s1. The molecular formula is C12H13ClFN3O2. The van der Waals surface area contributed by atoms with E-state index >= 15 is 0 Å². The molecule has 1 fully saturated rings. The Labute approximate surface area is 114 Å². The lowest BCUT2D eigenvalue weighted by Crippen LogP contribution is -2.42. The number of urea groups is 1. The molecule has 1 atom stereocenters. The molecule has 0 bridgehead atoms. The first-order valence-corrected chi connectivity index (χ1v) is 6.08. The first-order chi connectivity index (χ1) is 8.97. The third-order valence-electron chi connectivity index (χ3n) is 2.89. The van der Waals surface area contributed by atoms with Crippen molar-refractivity contribution < 1.29 is 14.0 Å². The van der Waals surface area contributed by atoms with Gasteiger partial charge in [0.25, 0.3) is 0 Å². The molecule has 2 N–H and O–H groups in total. The van der Waals surface area contributed by atoms with E-state index < -0.39 is 11.9 Å². The summed E-state index contributed by atoms with van der Waals surface area (Å²) in [5, 5.41) is 5.46. The van der Waals surface area contributed by atoms with Gasteiger partial charge in [-0.15, -0.1) is 0 Å². The summed E-state index contributed by atoms with van der Waals surface area (Å²) in [6.45, 7) is 0.510. The molecule has 1 aliphatic rings. The van der Waals surface area contributed by atoms with Crippen LogP contribution in [0.5, 0.6) is 0 Å². The van der Waals surface area contributed by atoms with Gasteiger partial charge in [0, 0.05) is 18.6 Å². The maximum atomic E-state index is 12.9. The summed E-state index contributed by atoms with van der Waals surface area (Å²) in [6.07, 6.45) is 0. The zero-order valence-electron chi connectivity index (χ0n) is 10.2. The van der Waals surface area contributed by atoms with Crippen molar-refractivity contribution in [2.75, 3.05) is 13.6 Å². The maximum Gasteiger partial charge on any atom is 0.317 e. The number of hydrogen-bond donors (Lipinski definition) is 2. The van der Waals surface area contributed by atoms with Gasteiger partial charge in [-0.3, -0.25) is 4.79 Å². The maximum absolute atomic E-state index is 12.9. The van der Waals surface area contributed by atoms with Crippen molar-refractivity contribution in [1.82, 2.24) is 15.5 Å². The fourth-order valence-electron chi connectivity index (χ4n) is 1.78.